The molecule has 148 valence electrons. The largest absolute Gasteiger partial charge is 0.114 e. The van der Waals surface area contributed by atoms with Gasteiger partial charge in [-0.2, -0.15) is 0 Å². The molecular formula is C30H25B. The van der Waals surface area contributed by atoms with E-state index in [2.05, 4.69) is 78.9 Å². The third-order valence-electron chi connectivity index (χ3n) is 7.24. The summed E-state index contributed by atoms with van der Waals surface area (Å²) in [6.07, 6.45) is 11.2. The predicted octanol–water partition coefficient (Wildman–Crippen LogP) is 7.36. The lowest BCUT2D eigenvalue weighted by Gasteiger charge is -2.30. The fourth-order valence-corrected chi connectivity index (χ4v) is 5.76. The van der Waals surface area contributed by atoms with Crippen LogP contribution in [-0.2, 0) is 0 Å². The summed E-state index contributed by atoms with van der Waals surface area (Å²) in [4.78, 5) is 0. The molecule has 1 unspecified atom stereocenters. The minimum Gasteiger partial charge on any atom is -0.0889 e. The van der Waals surface area contributed by atoms with Gasteiger partial charge in [-0.25, -0.2) is 0 Å². The topological polar surface area (TPSA) is 0 Å². The van der Waals surface area contributed by atoms with Gasteiger partial charge in [0.2, 0.25) is 0 Å². The summed E-state index contributed by atoms with van der Waals surface area (Å²) in [5, 5.41) is 5.03. The van der Waals surface area contributed by atoms with Crippen LogP contribution < -0.4 is 5.46 Å². The van der Waals surface area contributed by atoms with Gasteiger partial charge < -0.3 is 0 Å². The zero-order valence-corrected chi connectivity index (χ0v) is 17.8. The van der Waals surface area contributed by atoms with Crippen LogP contribution in [0.4, 0.5) is 0 Å². The highest BCUT2D eigenvalue weighted by Crippen LogP contribution is 2.44. The van der Waals surface area contributed by atoms with Crippen molar-refractivity contribution >= 4 is 40.4 Å². The van der Waals surface area contributed by atoms with Crippen molar-refractivity contribution in [3.05, 3.63) is 96.1 Å². The highest BCUT2D eigenvalue weighted by molar-refractivity contribution is 6.39. The maximum atomic E-state index is 6.29. The molecule has 0 N–H and O–H groups in total. The summed E-state index contributed by atoms with van der Waals surface area (Å²) in [5.74, 6) is 0.744. The van der Waals surface area contributed by atoms with Gasteiger partial charge in [0.15, 0.2) is 0 Å². The quantitative estimate of drug-likeness (QED) is 0.311. The Morgan fingerprint density at radius 1 is 0.645 bits per heavy atom. The van der Waals surface area contributed by atoms with Crippen LogP contribution in [0, 0.1) is 5.92 Å². The maximum Gasteiger partial charge on any atom is 0.114 e. The van der Waals surface area contributed by atoms with Gasteiger partial charge in [0, 0.05) is 0 Å². The van der Waals surface area contributed by atoms with E-state index in [0.717, 1.165) is 16.8 Å². The molecule has 4 aromatic rings. The van der Waals surface area contributed by atoms with Gasteiger partial charge in [0.25, 0.3) is 0 Å². The Hall–Kier alpha value is -3.06. The van der Waals surface area contributed by atoms with Gasteiger partial charge in [-0.15, -0.1) is 0 Å². The molecule has 0 aliphatic heterocycles. The van der Waals surface area contributed by atoms with Crippen LogP contribution >= 0.6 is 0 Å². The zero-order chi connectivity index (χ0) is 20.8. The highest BCUT2D eigenvalue weighted by Gasteiger charge is 2.25. The first kappa shape index (κ1) is 18.7. The van der Waals surface area contributed by atoms with E-state index in [1.54, 1.807) is 11.1 Å². The first-order chi connectivity index (χ1) is 15.3. The van der Waals surface area contributed by atoms with E-state index >= 15 is 0 Å². The average Bonchev–Trinajstić information content (AvgIpc) is 2.84. The normalized spacial score (nSPS) is 18.5. The zero-order valence-electron chi connectivity index (χ0n) is 17.8. The molecule has 0 heterocycles. The molecule has 1 atom stereocenters. The lowest BCUT2D eigenvalue weighted by molar-refractivity contribution is 0.487. The Morgan fingerprint density at radius 3 is 2.03 bits per heavy atom. The minimum absolute atomic E-state index is 0.744. The molecule has 0 saturated heterocycles. The van der Waals surface area contributed by atoms with E-state index in [9.17, 15) is 0 Å². The smallest absolute Gasteiger partial charge is 0.0889 e. The Morgan fingerprint density at radius 2 is 1.26 bits per heavy atom. The molecule has 0 fully saturated rings. The average molecular weight is 396 g/mol. The van der Waals surface area contributed by atoms with Gasteiger partial charge in [-0.05, 0) is 87.4 Å². The maximum absolute atomic E-state index is 6.29. The fourth-order valence-electron chi connectivity index (χ4n) is 5.76. The summed E-state index contributed by atoms with van der Waals surface area (Å²) in [5.41, 5.74) is 7.96. The second kappa shape index (κ2) is 7.57. The summed E-state index contributed by atoms with van der Waals surface area (Å²) in [6, 6.07) is 26.3. The van der Waals surface area contributed by atoms with Crippen LogP contribution in [0.25, 0.3) is 38.2 Å². The highest BCUT2D eigenvalue weighted by atomic mass is 14.3. The summed E-state index contributed by atoms with van der Waals surface area (Å²) >= 11 is 0. The second-order valence-electron chi connectivity index (χ2n) is 8.96. The first-order valence-electron chi connectivity index (χ1n) is 11.5. The van der Waals surface area contributed by atoms with Crippen molar-refractivity contribution in [1.82, 2.24) is 0 Å². The minimum atomic E-state index is 0.744. The van der Waals surface area contributed by atoms with Crippen LogP contribution in [0.2, 0.25) is 0 Å². The second-order valence-corrected chi connectivity index (χ2v) is 8.96. The molecule has 2 radical (unpaired) electrons. The summed E-state index contributed by atoms with van der Waals surface area (Å²) < 4.78 is 0. The van der Waals surface area contributed by atoms with Crippen molar-refractivity contribution in [2.24, 2.45) is 5.92 Å². The van der Waals surface area contributed by atoms with Crippen LogP contribution in [0.15, 0.2) is 90.5 Å². The molecule has 0 aromatic heterocycles. The molecule has 0 bridgehead atoms. The van der Waals surface area contributed by atoms with E-state index in [0.29, 0.717) is 0 Å². The lowest BCUT2D eigenvalue weighted by Crippen LogP contribution is -2.13. The number of benzene rings is 4. The van der Waals surface area contributed by atoms with E-state index in [1.807, 2.05) is 6.07 Å². The van der Waals surface area contributed by atoms with Gasteiger partial charge in [0.05, 0.1) is 0 Å². The fraction of sp³-hybridized carbons (Fsp3) is 0.200. The SMILES string of the molecule is [B]c1ccc(-c2ccc(C3=C4C=CCCC4CCC3)c3ccccc23)c2ccccc12. The Bertz CT molecular complexity index is 1370. The van der Waals surface area contributed by atoms with Gasteiger partial charge in [-0.3, -0.25) is 0 Å². The number of hydrogen-bond donors (Lipinski definition) is 0. The van der Waals surface area contributed by atoms with Gasteiger partial charge >= 0.3 is 0 Å². The molecule has 31 heavy (non-hydrogen) atoms. The van der Waals surface area contributed by atoms with E-state index < -0.39 is 0 Å². The summed E-state index contributed by atoms with van der Waals surface area (Å²) in [7, 11) is 6.29. The van der Waals surface area contributed by atoms with Crippen molar-refractivity contribution in [2.75, 3.05) is 0 Å². The molecule has 2 aliphatic rings. The van der Waals surface area contributed by atoms with Crippen molar-refractivity contribution < 1.29 is 0 Å². The molecule has 0 nitrogen and oxygen atoms in total. The number of allylic oxidation sites excluding steroid dienone is 4. The van der Waals surface area contributed by atoms with E-state index in [1.165, 1.54) is 65.0 Å². The van der Waals surface area contributed by atoms with Crippen LogP contribution in [0.3, 0.4) is 0 Å². The van der Waals surface area contributed by atoms with Gasteiger partial charge in [0.1, 0.15) is 7.85 Å². The van der Waals surface area contributed by atoms with Gasteiger partial charge in [-0.1, -0.05) is 90.4 Å². The third-order valence-corrected chi connectivity index (χ3v) is 7.24. The molecule has 2 aliphatic carbocycles. The monoisotopic (exact) mass is 396 g/mol. The molecule has 0 spiro atoms. The molecule has 0 saturated carbocycles. The molecule has 6 rings (SSSR count). The Labute approximate surface area is 185 Å². The predicted molar refractivity (Wildman–Crippen MR) is 135 cm³/mol. The van der Waals surface area contributed by atoms with Crippen molar-refractivity contribution in [3.8, 4) is 11.1 Å². The number of fused-ring (bicyclic) bond motifs is 3. The van der Waals surface area contributed by atoms with E-state index in [-0.39, 0.29) is 0 Å². The van der Waals surface area contributed by atoms with Crippen molar-refractivity contribution in [3.63, 3.8) is 0 Å². The summed E-state index contributed by atoms with van der Waals surface area (Å²) in [6.45, 7) is 0. The molecule has 0 amide bonds. The molecular weight excluding hydrogens is 371 g/mol. The van der Waals surface area contributed by atoms with Crippen molar-refractivity contribution in [2.45, 2.75) is 32.1 Å². The first-order valence-corrected chi connectivity index (χ1v) is 11.5. The van der Waals surface area contributed by atoms with Crippen LogP contribution in [0.5, 0.6) is 0 Å². The third kappa shape index (κ3) is 3.07. The standard InChI is InChI=1S/C30H25B/c31-30-19-18-28(25-13-5-6-14-29(25)30)27-17-16-26(23-11-3-4-12-24(23)27)22-15-7-9-20-8-1-2-10-21(20)22/h2-6,10-14,16-20H,1,7-9,15H2. The number of hydrogen-bond acceptors (Lipinski definition) is 0. The van der Waals surface area contributed by atoms with E-state index in [4.69, 9.17) is 7.85 Å². The van der Waals surface area contributed by atoms with Crippen LogP contribution in [-0.4, -0.2) is 7.85 Å². The molecule has 1 heteroatoms. The lowest BCUT2D eigenvalue weighted by atomic mass is 9.75. The Balaban J connectivity index is 1.62. The van der Waals surface area contributed by atoms with Crippen molar-refractivity contribution in [1.29, 1.82) is 0 Å². The number of rotatable bonds is 2. The Kier molecular flexibility index (Phi) is 4.57. The molecule has 4 aromatic carbocycles. The van der Waals surface area contributed by atoms with Crippen LogP contribution in [0.1, 0.15) is 37.7 Å².